The number of hydrogen-bond acceptors (Lipinski definition) is 2. The van der Waals surface area contributed by atoms with Gasteiger partial charge in [-0.1, -0.05) is 43.5 Å². The van der Waals surface area contributed by atoms with Crippen LogP contribution in [0.15, 0.2) is 30.3 Å². The maximum atomic E-state index is 11.4. The Balaban J connectivity index is 2.04. The average Bonchev–Trinajstić information content (AvgIpc) is 2.45. The lowest BCUT2D eigenvalue weighted by atomic mass is 9.89. The number of rotatable bonds is 3. The second-order valence-corrected chi connectivity index (χ2v) is 4.87. The molecule has 0 unspecified atom stereocenters. The molecular weight excluding hydrogens is 224 g/mol. The zero-order valence-electron chi connectivity index (χ0n) is 10.9. The van der Waals surface area contributed by atoms with Gasteiger partial charge in [-0.15, -0.1) is 0 Å². The summed E-state index contributed by atoms with van der Waals surface area (Å²) in [6.45, 7) is 0. The lowest BCUT2D eigenvalue weighted by molar-refractivity contribution is 0.0600. The largest absolute Gasteiger partial charge is 0.465 e. The molecule has 0 heterocycles. The zero-order valence-corrected chi connectivity index (χ0v) is 10.9. The van der Waals surface area contributed by atoms with Crippen LogP contribution in [0.4, 0.5) is 0 Å². The van der Waals surface area contributed by atoms with Gasteiger partial charge in [-0.25, -0.2) is 4.79 Å². The molecule has 0 radical (unpaired) electrons. The Hall–Kier alpha value is -1.57. The molecule has 96 valence electrons. The fourth-order valence-electron chi connectivity index (χ4n) is 2.46. The molecule has 0 amide bonds. The molecule has 1 aliphatic carbocycles. The summed E-state index contributed by atoms with van der Waals surface area (Å²) in [5.74, 6) is 0.434. The van der Waals surface area contributed by atoms with Crippen molar-refractivity contribution < 1.29 is 9.53 Å². The third kappa shape index (κ3) is 3.46. The second kappa shape index (κ2) is 6.39. The van der Waals surface area contributed by atoms with Crippen LogP contribution in [0, 0.1) is 5.92 Å². The van der Waals surface area contributed by atoms with Crippen molar-refractivity contribution in [2.24, 2.45) is 5.92 Å². The van der Waals surface area contributed by atoms with Gasteiger partial charge < -0.3 is 4.74 Å². The van der Waals surface area contributed by atoms with Gasteiger partial charge in [-0.3, -0.25) is 0 Å². The number of allylic oxidation sites excluding steroid dienone is 1. The van der Waals surface area contributed by atoms with Crippen LogP contribution in [-0.4, -0.2) is 13.1 Å². The van der Waals surface area contributed by atoms with E-state index in [4.69, 9.17) is 4.74 Å². The van der Waals surface area contributed by atoms with Gasteiger partial charge in [0.2, 0.25) is 0 Å². The summed E-state index contributed by atoms with van der Waals surface area (Å²) < 4.78 is 4.72. The van der Waals surface area contributed by atoms with Crippen molar-refractivity contribution in [1.82, 2.24) is 0 Å². The summed E-state index contributed by atoms with van der Waals surface area (Å²) in [4.78, 5) is 11.4. The highest BCUT2D eigenvalue weighted by molar-refractivity contribution is 5.89. The summed E-state index contributed by atoms with van der Waals surface area (Å²) in [7, 11) is 1.41. The molecular formula is C16H20O2. The minimum absolute atomic E-state index is 0.275. The van der Waals surface area contributed by atoms with Crippen molar-refractivity contribution in [1.29, 1.82) is 0 Å². The number of methoxy groups -OCH3 is 1. The molecule has 2 heteroatoms. The van der Waals surface area contributed by atoms with E-state index in [0.717, 1.165) is 5.56 Å². The molecule has 2 nitrogen and oxygen atoms in total. The number of ether oxygens (including phenoxy) is 1. The first-order chi connectivity index (χ1) is 8.79. The molecule has 1 aromatic rings. The third-order valence-corrected chi connectivity index (χ3v) is 3.52. The van der Waals surface area contributed by atoms with Crippen LogP contribution >= 0.6 is 0 Å². The highest BCUT2D eigenvalue weighted by Gasteiger charge is 2.10. The standard InChI is InChI=1S/C16H20O2/c1-18-16(17)15-9-5-8-14(12-15)11-10-13-6-3-2-4-7-13/h5,8-13H,2-4,6-7H2,1H3/b11-10+. The minimum atomic E-state index is -0.275. The van der Waals surface area contributed by atoms with E-state index in [1.807, 2.05) is 18.2 Å². The zero-order chi connectivity index (χ0) is 12.8. The number of benzene rings is 1. The molecule has 0 bridgehead atoms. The highest BCUT2D eigenvalue weighted by Crippen LogP contribution is 2.25. The molecule has 0 N–H and O–H groups in total. The maximum absolute atomic E-state index is 11.4. The third-order valence-electron chi connectivity index (χ3n) is 3.52. The van der Waals surface area contributed by atoms with Gasteiger partial charge in [-0.2, -0.15) is 0 Å². The van der Waals surface area contributed by atoms with Crippen LogP contribution in [0.1, 0.15) is 48.0 Å². The van der Waals surface area contributed by atoms with Crippen LogP contribution in [0.2, 0.25) is 0 Å². The summed E-state index contributed by atoms with van der Waals surface area (Å²) in [6, 6.07) is 7.58. The van der Waals surface area contributed by atoms with Crippen LogP contribution < -0.4 is 0 Å². The molecule has 0 spiro atoms. The van der Waals surface area contributed by atoms with Gasteiger partial charge in [0, 0.05) is 0 Å². The fraction of sp³-hybridized carbons (Fsp3) is 0.438. The van der Waals surface area contributed by atoms with Gasteiger partial charge in [0.1, 0.15) is 0 Å². The molecule has 1 saturated carbocycles. The van der Waals surface area contributed by atoms with E-state index in [-0.39, 0.29) is 5.97 Å². The number of carbonyl (C=O) groups is 1. The predicted molar refractivity (Wildman–Crippen MR) is 73.4 cm³/mol. The Labute approximate surface area is 109 Å². The minimum Gasteiger partial charge on any atom is -0.465 e. The van der Waals surface area contributed by atoms with Crippen molar-refractivity contribution in [2.75, 3.05) is 7.11 Å². The van der Waals surface area contributed by atoms with Crippen molar-refractivity contribution in [3.05, 3.63) is 41.5 Å². The Morgan fingerprint density at radius 2 is 2.06 bits per heavy atom. The van der Waals surface area contributed by atoms with Crippen LogP contribution in [0.25, 0.3) is 6.08 Å². The van der Waals surface area contributed by atoms with Crippen LogP contribution in [-0.2, 0) is 4.74 Å². The number of esters is 1. The summed E-state index contributed by atoms with van der Waals surface area (Å²) in [6.07, 6.45) is 11.1. The summed E-state index contributed by atoms with van der Waals surface area (Å²) in [5.41, 5.74) is 1.69. The molecule has 1 aromatic carbocycles. The fourth-order valence-corrected chi connectivity index (χ4v) is 2.46. The highest BCUT2D eigenvalue weighted by atomic mass is 16.5. The average molecular weight is 244 g/mol. The van der Waals surface area contributed by atoms with Gasteiger partial charge in [0.05, 0.1) is 12.7 Å². The van der Waals surface area contributed by atoms with Crippen molar-refractivity contribution >= 4 is 12.0 Å². The maximum Gasteiger partial charge on any atom is 0.337 e. The monoisotopic (exact) mass is 244 g/mol. The van der Waals surface area contributed by atoms with Crippen LogP contribution in [0.5, 0.6) is 0 Å². The number of hydrogen-bond donors (Lipinski definition) is 0. The SMILES string of the molecule is COC(=O)c1cccc(/C=C/C2CCCCC2)c1. The van der Waals surface area contributed by atoms with E-state index in [1.165, 1.54) is 39.2 Å². The van der Waals surface area contributed by atoms with E-state index in [2.05, 4.69) is 12.2 Å². The molecule has 1 fully saturated rings. The Bertz CT molecular complexity index is 428. The van der Waals surface area contributed by atoms with Crippen LogP contribution in [0.3, 0.4) is 0 Å². The quantitative estimate of drug-likeness (QED) is 0.749. The topological polar surface area (TPSA) is 26.3 Å². The van der Waals surface area contributed by atoms with Gasteiger partial charge in [0.15, 0.2) is 0 Å². The smallest absolute Gasteiger partial charge is 0.337 e. The van der Waals surface area contributed by atoms with E-state index >= 15 is 0 Å². The van der Waals surface area contributed by atoms with E-state index in [9.17, 15) is 4.79 Å². The summed E-state index contributed by atoms with van der Waals surface area (Å²) in [5, 5.41) is 0. The first-order valence-electron chi connectivity index (χ1n) is 6.66. The molecule has 18 heavy (non-hydrogen) atoms. The van der Waals surface area contributed by atoms with E-state index in [1.54, 1.807) is 6.07 Å². The van der Waals surface area contributed by atoms with Gasteiger partial charge >= 0.3 is 5.97 Å². The Kier molecular flexibility index (Phi) is 4.57. The van der Waals surface area contributed by atoms with Gasteiger partial charge in [0.25, 0.3) is 0 Å². The Morgan fingerprint density at radius 3 is 2.78 bits per heavy atom. The predicted octanol–water partition coefficient (Wildman–Crippen LogP) is 4.07. The second-order valence-electron chi connectivity index (χ2n) is 4.87. The molecule has 0 aromatic heterocycles. The van der Waals surface area contributed by atoms with Crippen molar-refractivity contribution in [2.45, 2.75) is 32.1 Å². The van der Waals surface area contributed by atoms with Gasteiger partial charge in [-0.05, 0) is 36.5 Å². The lowest BCUT2D eigenvalue weighted by Crippen LogP contribution is -2.02. The normalized spacial score (nSPS) is 16.9. The molecule has 1 aliphatic rings. The van der Waals surface area contributed by atoms with Crippen molar-refractivity contribution in [3.8, 4) is 0 Å². The van der Waals surface area contributed by atoms with E-state index < -0.39 is 0 Å². The molecule has 2 rings (SSSR count). The molecule has 0 aliphatic heterocycles. The lowest BCUT2D eigenvalue weighted by Gasteiger charge is -2.17. The molecule has 0 atom stereocenters. The first-order valence-corrected chi connectivity index (χ1v) is 6.66. The number of carbonyl (C=O) groups excluding carboxylic acids is 1. The van der Waals surface area contributed by atoms with E-state index in [0.29, 0.717) is 11.5 Å². The summed E-state index contributed by atoms with van der Waals surface area (Å²) >= 11 is 0. The van der Waals surface area contributed by atoms with Crippen molar-refractivity contribution in [3.63, 3.8) is 0 Å². The molecule has 0 saturated heterocycles. The Morgan fingerprint density at radius 1 is 1.28 bits per heavy atom. The first kappa shape index (κ1) is 12.9.